The number of hydrogen-bond donors (Lipinski definition) is 1. The van der Waals surface area contributed by atoms with E-state index in [1.54, 1.807) is 12.1 Å². The van der Waals surface area contributed by atoms with Gasteiger partial charge in [-0.1, -0.05) is 12.1 Å². The standard InChI is InChI=1S/C17H19FN2O/c18-14-4-6-15(7-5-14)21-11-10-20-9-8-16-13(12-20)2-1-3-17(16)19/h1-7H,8-12,19H2. The molecule has 2 aromatic rings. The van der Waals surface area contributed by atoms with Crippen LogP contribution in [0, 0.1) is 5.82 Å². The molecule has 4 heteroatoms. The Kier molecular flexibility index (Phi) is 4.06. The van der Waals surface area contributed by atoms with Crippen molar-refractivity contribution in [3.8, 4) is 5.75 Å². The van der Waals surface area contributed by atoms with E-state index >= 15 is 0 Å². The molecule has 3 rings (SSSR count). The number of anilines is 1. The van der Waals surface area contributed by atoms with E-state index in [1.807, 2.05) is 12.1 Å². The van der Waals surface area contributed by atoms with Gasteiger partial charge in [0.15, 0.2) is 0 Å². The maximum atomic E-state index is 12.8. The molecule has 0 spiro atoms. The van der Waals surface area contributed by atoms with Crippen molar-refractivity contribution in [2.45, 2.75) is 13.0 Å². The van der Waals surface area contributed by atoms with Crippen molar-refractivity contribution in [3.63, 3.8) is 0 Å². The van der Waals surface area contributed by atoms with Crippen LogP contribution in [0.3, 0.4) is 0 Å². The fourth-order valence-corrected chi connectivity index (χ4v) is 2.71. The minimum absolute atomic E-state index is 0.243. The van der Waals surface area contributed by atoms with Crippen molar-refractivity contribution in [2.75, 3.05) is 25.4 Å². The van der Waals surface area contributed by atoms with Crippen LogP contribution in [0.25, 0.3) is 0 Å². The van der Waals surface area contributed by atoms with E-state index in [-0.39, 0.29) is 5.82 Å². The van der Waals surface area contributed by atoms with E-state index in [9.17, 15) is 4.39 Å². The largest absolute Gasteiger partial charge is 0.492 e. The average molecular weight is 286 g/mol. The fourth-order valence-electron chi connectivity index (χ4n) is 2.71. The average Bonchev–Trinajstić information content (AvgIpc) is 2.49. The van der Waals surface area contributed by atoms with Crippen LogP contribution in [-0.4, -0.2) is 24.6 Å². The third-order valence-corrected chi connectivity index (χ3v) is 3.87. The fraction of sp³-hybridized carbons (Fsp3) is 0.294. The van der Waals surface area contributed by atoms with E-state index in [4.69, 9.17) is 10.5 Å². The van der Waals surface area contributed by atoms with Crippen LogP contribution in [0.1, 0.15) is 11.1 Å². The molecule has 3 nitrogen and oxygen atoms in total. The Labute approximate surface area is 124 Å². The van der Waals surface area contributed by atoms with Crippen molar-refractivity contribution < 1.29 is 9.13 Å². The van der Waals surface area contributed by atoms with Gasteiger partial charge in [-0.2, -0.15) is 0 Å². The van der Waals surface area contributed by atoms with Crippen LogP contribution in [-0.2, 0) is 13.0 Å². The number of fused-ring (bicyclic) bond motifs is 1. The van der Waals surface area contributed by atoms with Crippen molar-refractivity contribution in [3.05, 3.63) is 59.4 Å². The van der Waals surface area contributed by atoms with Crippen molar-refractivity contribution in [1.82, 2.24) is 4.90 Å². The second kappa shape index (κ2) is 6.14. The monoisotopic (exact) mass is 286 g/mol. The number of nitrogens with two attached hydrogens (primary N) is 1. The lowest BCUT2D eigenvalue weighted by molar-refractivity contribution is 0.196. The molecule has 0 radical (unpaired) electrons. The van der Waals surface area contributed by atoms with Crippen LogP contribution in [0.5, 0.6) is 5.75 Å². The molecular formula is C17H19FN2O. The zero-order valence-corrected chi connectivity index (χ0v) is 11.9. The van der Waals surface area contributed by atoms with Crippen molar-refractivity contribution in [2.24, 2.45) is 0 Å². The predicted molar refractivity (Wildman–Crippen MR) is 81.7 cm³/mol. The summed E-state index contributed by atoms with van der Waals surface area (Å²) < 4.78 is 18.4. The van der Waals surface area contributed by atoms with Crippen molar-refractivity contribution in [1.29, 1.82) is 0 Å². The number of hydrogen-bond acceptors (Lipinski definition) is 3. The first kappa shape index (κ1) is 13.9. The summed E-state index contributed by atoms with van der Waals surface area (Å²) >= 11 is 0. The van der Waals surface area contributed by atoms with Crippen LogP contribution < -0.4 is 10.5 Å². The highest BCUT2D eigenvalue weighted by Gasteiger charge is 2.17. The Morgan fingerprint density at radius 1 is 1.14 bits per heavy atom. The highest BCUT2D eigenvalue weighted by atomic mass is 19.1. The molecular weight excluding hydrogens is 267 g/mol. The Balaban J connectivity index is 1.52. The maximum Gasteiger partial charge on any atom is 0.123 e. The smallest absolute Gasteiger partial charge is 0.123 e. The Hall–Kier alpha value is -2.07. The van der Waals surface area contributed by atoms with E-state index in [0.717, 1.165) is 31.7 Å². The topological polar surface area (TPSA) is 38.5 Å². The molecule has 21 heavy (non-hydrogen) atoms. The summed E-state index contributed by atoms with van der Waals surface area (Å²) in [6, 6.07) is 12.2. The molecule has 0 saturated carbocycles. The number of nitrogen functional groups attached to an aromatic ring is 1. The van der Waals surface area contributed by atoms with Gasteiger partial charge in [-0.15, -0.1) is 0 Å². The minimum atomic E-state index is -0.243. The minimum Gasteiger partial charge on any atom is -0.492 e. The summed E-state index contributed by atoms with van der Waals surface area (Å²) in [6.07, 6.45) is 0.985. The second-order valence-electron chi connectivity index (χ2n) is 5.31. The molecule has 0 amide bonds. The van der Waals surface area contributed by atoms with Gasteiger partial charge in [-0.05, 0) is 47.9 Å². The molecule has 0 atom stereocenters. The number of ether oxygens (including phenoxy) is 1. The SMILES string of the molecule is Nc1cccc2c1CCN(CCOc1ccc(F)cc1)C2. The molecule has 0 fully saturated rings. The van der Waals surface area contributed by atoms with Gasteiger partial charge in [0.25, 0.3) is 0 Å². The van der Waals surface area contributed by atoms with E-state index in [1.165, 1.54) is 23.3 Å². The molecule has 2 aromatic carbocycles. The summed E-state index contributed by atoms with van der Waals surface area (Å²) in [5.74, 6) is 0.464. The lowest BCUT2D eigenvalue weighted by Gasteiger charge is -2.29. The number of nitrogens with zero attached hydrogens (tertiary/aromatic N) is 1. The summed E-state index contributed by atoms with van der Waals surface area (Å²) in [6.45, 7) is 3.36. The summed E-state index contributed by atoms with van der Waals surface area (Å²) in [5.41, 5.74) is 9.49. The molecule has 110 valence electrons. The van der Waals surface area contributed by atoms with Gasteiger partial charge >= 0.3 is 0 Å². The first-order valence-electron chi connectivity index (χ1n) is 7.19. The molecule has 0 bridgehead atoms. The normalized spacial score (nSPS) is 14.7. The highest BCUT2D eigenvalue weighted by molar-refractivity contribution is 5.51. The van der Waals surface area contributed by atoms with E-state index in [0.29, 0.717) is 12.4 Å². The number of benzene rings is 2. The Bertz CT molecular complexity index is 613. The first-order chi connectivity index (χ1) is 10.2. The zero-order valence-electron chi connectivity index (χ0n) is 11.9. The molecule has 1 aliphatic heterocycles. The molecule has 0 saturated heterocycles. The molecule has 1 heterocycles. The number of halogens is 1. The Morgan fingerprint density at radius 3 is 2.76 bits per heavy atom. The third-order valence-electron chi connectivity index (χ3n) is 3.87. The van der Waals surface area contributed by atoms with Crippen LogP contribution in [0.15, 0.2) is 42.5 Å². The molecule has 0 unspecified atom stereocenters. The lowest BCUT2D eigenvalue weighted by Crippen LogP contribution is -2.34. The molecule has 0 aliphatic carbocycles. The van der Waals surface area contributed by atoms with E-state index in [2.05, 4.69) is 11.0 Å². The van der Waals surface area contributed by atoms with Crippen LogP contribution >= 0.6 is 0 Å². The van der Waals surface area contributed by atoms with Gasteiger partial charge in [0, 0.05) is 25.3 Å². The van der Waals surface area contributed by atoms with Gasteiger partial charge in [0.1, 0.15) is 18.2 Å². The van der Waals surface area contributed by atoms with Gasteiger partial charge in [0.2, 0.25) is 0 Å². The first-order valence-corrected chi connectivity index (χ1v) is 7.19. The highest BCUT2D eigenvalue weighted by Crippen LogP contribution is 2.23. The van der Waals surface area contributed by atoms with E-state index < -0.39 is 0 Å². The third kappa shape index (κ3) is 3.34. The van der Waals surface area contributed by atoms with Crippen LogP contribution in [0.4, 0.5) is 10.1 Å². The van der Waals surface area contributed by atoms with Gasteiger partial charge < -0.3 is 10.5 Å². The van der Waals surface area contributed by atoms with Gasteiger partial charge in [0.05, 0.1) is 0 Å². The summed E-state index contributed by atoms with van der Waals surface area (Å²) in [4.78, 5) is 2.35. The van der Waals surface area contributed by atoms with Gasteiger partial charge in [-0.25, -0.2) is 4.39 Å². The number of rotatable bonds is 4. The van der Waals surface area contributed by atoms with Crippen molar-refractivity contribution >= 4 is 5.69 Å². The van der Waals surface area contributed by atoms with Crippen LogP contribution in [0.2, 0.25) is 0 Å². The zero-order chi connectivity index (χ0) is 14.7. The quantitative estimate of drug-likeness (QED) is 0.878. The Morgan fingerprint density at radius 2 is 1.95 bits per heavy atom. The maximum absolute atomic E-state index is 12.8. The second-order valence-corrected chi connectivity index (χ2v) is 5.31. The predicted octanol–water partition coefficient (Wildman–Crippen LogP) is 2.85. The molecule has 2 N–H and O–H groups in total. The lowest BCUT2D eigenvalue weighted by atomic mass is 9.98. The van der Waals surface area contributed by atoms with Gasteiger partial charge in [-0.3, -0.25) is 4.90 Å². The molecule has 1 aliphatic rings. The summed E-state index contributed by atoms with van der Waals surface area (Å²) in [5, 5.41) is 0. The summed E-state index contributed by atoms with van der Waals surface area (Å²) in [7, 11) is 0. The molecule has 0 aromatic heterocycles.